The van der Waals surface area contributed by atoms with Crippen LogP contribution in [0.3, 0.4) is 0 Å². The van der Waals surface area contributed by atoms with Crippen LogP contribution >= 0.6 is 0 Å². The highest BCUT2D eigenvalue weighted by Gasteiger charge is 2.25. The molecule has 1 saturated heterocycles. The molecule has 3 rings (SSSR count). The van der Waals surface area contributed by atoms with Crippen molar-refractivity contribution in [1.29, 1.82) is 0 Å². The molecule has 1 fully saturated rings. The summed E-state index contributed by atoms with van der Waals surface area (Å²) in [5.41, 5.74) is 2.56. The molecule has 1 aliphatic heterocycles. The maximum atomic E-state index is 12.8. The lowest BCUT2D eigenvalue weighted by atomic mass is 10.1. The van der Waals surface area contributed by atoms with Crippen LogP contribution in [0.2, 0.25) is 0 Å². The van der Waals surface area contributed by atoms with Crippen molar-refractivity contribution < 1.29 is 17.9 Å². The van der Waals surface area contributed by atoms with Crippen molar-refractivity contribution in [3.63, 3.8) is 0 Å². The van der Waals surface area contributed by atoms with Crippen LogP contribution in [0.1, 0.15) is 36.8 Å². The van der Waals surface area contributed by atoms with Crippen molar-refractivity contribution in [1.82, 2.24) is 4.31 Å². The second-order valence-corrected chi connectivity index (χ2v) is 9.39. The number of benzene rings is 2. The Bertz CT molecular complexity index is 947. The summed E-state index contributed by atoms with van der Waals surface area (Å²) in [5.74, 6) is 0.382. The van der Waals surface area contributed by atoms with E-state index in [0.717, 1.165) is 36.8 Å². The number of carbonyl (C=O) groups is 1. The molecular weight excluding hydrogens is 388 g/mol. The summed E-state index contributed by atoms with van der Waals surface area (Å²) in [6.45, 7) is 4.91. The van der Waals surface area contributed by atoms with Crippen molar-refractivity contribution in [2.24, 2.45) is 0 Å². The van der Waals surface area contributed by atoms with E-state index < -0.39 is 10.0 Å². The van der Waals surface area contributed by atoms with E-state index in [9.17, 15) is 13.2 Å². The molecule has 0 aromatic heterocycles. The van der Waals surface area contributed by atoms with Crippen molar-refractivity contribution in [3.8, 4) is 5.75 Å². The van der Waals surface area contributed by atoms with Gasteiger partial charge < -0.3 is 10.1 Å². The Hall–Kier alpha value is -2.38. The number of hydrogen-bond donors (Lipinski definition) is 1. The summed E-state index contributed by atoms with van der Waals surface area (Å²) >= 11 is 0. The SMILES string of the molecule is Cc1ccc(C)c(OCC(=O)Nc2ccc(S(=O)(=O)N3CCCCCC3)cc2)c1. The van der Waals surface area contributed by atoms with E-state index in [0.29, 0.717) is 24.5 Å². The van der Waals surface area contributed by atoms with Gasteiger partial charge in [0.1, 0.15) is 5.75 Å². The van der Waals surface area contributed by atoms with Crippen molar-refractivity contribution >= 4 is 21.6 Å². The predicted molar refractivity (Wildman–Crippen MR) is 114 cm³/mol. The monoisotopic (exact) mass is 416 g/mol. The quantitative estimate of drug-likeness (QED) is 0.775. The minimum Gasteiger partial charge on any atom is -0.483 e. The van der Waals surface area contributed by atoms with Crippen molar-refractivity contribution in [2.75, 3.05) is 25.0 Å². The molecule has 1 aliphatic rings. The van der Waals surface area contributed by atoms with Gasteiger partial charge in [0.05, 0.1) is 4.90 Å². The third-order valence-electron chi connectivity index (χ3n) is 5.04. The third-order valence-corrected chi connectivity index (χ3v) is 6.96. The number of carbonyl (C=O) groups excluding carboxylic acids is 1. The zero-order valence-electron chi connectivity index (χ0n) is 17.0. The number of ether oxygens (including phenoxy) is 1. The average Bonchev–Trinajstić information content (AvgIpc) is 2.99. The summed E-state index contributed by atoms with van der Waals surface area (Å²) in [5, 5.41) is 2.74. The number of hydrogen-bond acceptors (Lipinski definition) is 4. The summed E-state index contributed by atoms with van der Waals surface area (Å²) in [6.07, 6.45) is 3.93. The Kier molecular flexibility index (Phi) is 6.92. The van der Waals surface area contributed by atoms with Crippen LogP contribution in [0, 0.1) is 13.8 Å². The van der Waals surface area contributed by atoms with E-state index in [1.807, 2.05) is 32.0 Å². The molecule has 0 bridgehead atoms. The van der Waals surface area contributed by atoms with E-state index in [2.05, 4.69) is 5.32 Å². The Morgan fingerprint density at radius 1 is 1.00 bits per heavy atom. The first kappa shape index (κ1) is 21.3. The zero-order valence-corrected chi connectivity index (χ0v) is 17.8. The number of amides is 1. The number of sulfonamides is 1. The van der Waals surface area contributed by atoms with Crippen LogP contribution in [0.5, 0.6) is 5.75 Å². The molecule has 0 aliphatic carbocycles. The molecule has 156 valence electrons. The summed E-state index contributed by atoms with van der Waals surface area (Å²) < 4.78 is 32.8. The van der Waals surface area contributed by atoms with Crippen molar-refractivity contribution in [2.45, 2.75) is 44.4 Å². The summed E-state index contributed by atoms with van der Waals surface area (Å²) in [4.78, 5) is 12.4. The first-order chi connectivity index (χ1) is 13.9. The van der Waals surface area contributed by atoms with Gasteiger partial charge in [0, 0.05) is 18.8 Å². The number of rotatable bonds is 6. The number of aryl methyl sites for hydroxylation is 2. The standard InChI is InChI=1S/C22H28N2O4S/c1-17-7-8-18(2)21(15-17)28-16-22(25)23-19-9-11-20(12-10-19)29(26,27)24-13-5-3-4-6-14-24/h7-12,15H,3-6,13-14,16H2,1-2H3,(H,23,25). The molecule has 6 nitrogen and oxygen atoms in total. The fraction of sp³-hybridized carbons (Fsp3) is 0.409. The van der Waals surface area contributed by atoms with Crippen LogP contribution in [0.15, 0.2) is 47.4 Å². The predicted octanol–water partition coefficient (Wildman–Crippen LogP) is 3.89. The molecular formula is C22H28N2O4S. The van der Waals surface area contributed by atoms with Crippen LogP contribution in [-0.4, -0.2) is 38.3 Å². The summed E-state index contributed by atoms with van der Waals surface area (Å²) in [6, 6.07) is 12.1. The topological polar surface area (TPSA) is 75.7 Å². The molecule has 0 saturated carbocycles. The molecule has 2 aromatic rings. The first-order valence-corrected chi connectivity index (χ1v) is 11.4. The lowest BCUT2D eigenvalue weighted by molar-refractivity contribution is -0.118. The van der Waals surface area contributed by atoms with E-state index in [1.165, 1.54) is 0 Å². The Morgan fingerprint density at radius 3 is 2.31 bits per heavy atom. The van der Waals surface area contributed by atoms with E-state index in [1.54, 1.807) is 28.6 Å². The number of nitrogens with one attached hydrogen (secondary N) is 1. The van der Waals surface area contributed by atoms with Crippen LogP contribution < -0.4 is 10.1 Å². The van der Waals surface area contributed by atoms with E-state index in [-0.39, 0.29) is 17.4 Å². The second kappa shape index (κ2) is 9.41. The lowest BCUT2D eigenvalue weighted by Crippen LogP contribution is -2.31. The summed E-state index contributed by atoms with van der Waals surface area (Å²) in [7, 11) is -3.49. The van der Waals surface area contributed by atoms with Gasteiger partial charge in [-0.05, 0) is 68.1 Å². The highest BCUT2D eigenvalue weighted by molar-refractivity contribution is 7.89. The molecule has 2 aromatic carbocycles. The average molecular weight is 417 g/mol. The largest absolute Gasteiger partial charge is 0.483 e. The molecule has 1 heterocycles. The molecule has 0 radical (unpaired) electrons. The van der Waals surface area contributed by atoms with Crippen molar-refractivity contribution in [3.05, 3.63) is 53.6 Å². The fourth-order valence-corrected chi connectivity index (χ4v) is 4.86. The normalized spacial score (nSPS) is 15.5. The highest BCUT2D eigenvalue weighted by atomic mass is 32.2. The van der Waals surface area contributed by atoms with Gasteiger partial charge in [-0.3, -0.25) is 4.79 Å². The smallest absolute Gasteiger partial charge is 0.262 e. The van der Waals surface area contributed by atoms with Gasteiger partial charge >= 0.3 is 0 Å². The maximum absolute atomic E-state index is 12.8. The number of anilines is 1. The minimum absolute atomic E-state index is 0.113. The van der Waals surface area contributed by atoms with Gasteiger partial charge in [-0.1, -0.05) is 25.0 Å². The zero-order chi connectivity index (χ0) is 20.9. The fourth-order valence-electron chi connectivity index (χ4n) is 3.34. The Balaban J connectivity index is 1.59. The van der Waals surface area contributed by atoms with Gasteiger partial charge in [-0.2, -0.15) is 4.31 Å². The maximum Gasteiger partial charge on any atom is 0.262 e. The Labute approximate surface area is 172 Å². The highest BCUT2D eigenvalue weighted by Crippen LogP contribution is 2.22. The molecule has 0 unspecified atom stereocenters. The molecule has 1 amide bonds. The molecule has 29 heavy (non-hydrogen) atoms. The second-order valence-electron chi connectivity index (χ2n) is 7.45. The lowest BCUT2D eigenvalue weighted by Gasteiger charge is -2.20. The van der Waals surface area contributed by atoms with Gasteiger partial charge in [-0.25, -0.2) is 8.42 Å². The molecule has 0 atom stereocenters. The van der Waals surface area contributed by atoms with Gasteiger partial charge in [0.15, 0.2) is 6.61 Å². The van der Waals surface area contributed by atoms with Gasteiger partial charge in [0.25, 0.3) is 5.91 Å². The van der Waals surface area contributed by atoms with E-state index >= 15 is 0 Å². The van der Waals surface area contributed by atoms with Crippen LogP contribution in [0.25, 0.3) is 0 Å². The molecule has 7 heteroatoms. The first-order valence-electron chi connectivity index (χ1n) is 9.96. The van der Waals surface area contributed by atoms with Crippen LogP contribution in [0.4, 0.5) is 5.69 Å². The molecule has 0 spiro atoms. The van der Waals surface area contributed by atoms with Gasteiger partial charge in [0.2, 0.25) is 10.0 Å². The molecule has 1 N–H and O–H groups in total. The number of nitrogens with zero attached hydrogens (tertiary/aromatic N) is 1. The van der Waals surface area contributed by atoms with Gasteiger partial charge in [-0.15, -0.1) is 0 Å². The van der Waals surface area contributed by atoms with Crippen LogP contribution in [-0.2, 0) is 14.8 Å². The minimum atomic E-state index is -3.49. The third kappa shape index (κ3) is 5.58. The van der Waals surface area contributed by atoms with E-state index in [4.69, 9.17) is 4.74 Å². The Morgan fingerprint density at radius 2 is 1.66 bits per heavy atom.